The molecule has 0 bridgehead atoms. The Bertz CT molecular complexity index is 859. The summed E-state index contributed by atoms with van der Waals surface area (Å²) >= 11 is 3.25. The van der Waals surface area contributed by atoms with Gasteiger partial charge in [-0.1, -0.05) is 15.9 Å². The molecule has 142 valence electrons. The third-order valence-corrected chi connectivity index (χ3v) is 5.08. The Morgan fingerprint density at radius 1 is 1.15 bits per heavy atom. The number of carboxylic acids is 1. The van der Waals surface area contributed by atoms with E-state index in [9.17, 15) is 14.7 Å². The minimum absolute atomic E-state index is 0.0683. The number of aryl methyl sites for hydroxylation is 2. The zero-order chi connectivity index (χ0) is 19.6. The van der Waals surface area contributed by atoms with E-state index >= 15 is 0 Å². The molecule has 0 saturated carbocycles. The Kier molecular flexibility index (Phi) is 5.74. The fraction of sp³-hybridized carbons (Fsp3) is 0.368. The molecule has 2 heterocycles. The van der Waals surface area contributed by atoms with Crippen LogP contribution in [0.3, 0.4) is 0 Å². The fourth-order valence-electron chi connectivity index (χ4n) is 3.23. The van der Waals surface area contributed by atoms with E-state index in [4.69, 9.17) is 0 Å². The molecule has 1 saturated heterocycles. The highest BCUT2D eigenvalue weighted by Gasteiger charge is 2.27. The summed E-state index contributed by atoms with van der Waals surface area (Å²) in [6.45, 7) is 5.26. The SMILES string of the molecule is Cc1cc(C)nc(N2CCC(C(=O)Nc3ccc(Br)cc3C(=O)O)CC2)n1. The minimum atomic E-state index is -1.08. The summed E-state index contributed by atoms with van der Waals surface area (Å²) in [7, 11) is 0. The third-order valence-electron chi connectivity index (χ3n) is 4.59. The van der Waals surface area contributed by atoms with Crippen LogP contribution < -0.4 is 10.2 Å². The second-order valence-corrected chi connectivity index (χ2v) is 7.61. The van der Waals surface area contributed by atoms with Crippen molar-refractivity contribution in [3.8, 4) is 0 Å². The van der Waals surface area contributed by atoms with E-state index in [1.165, 1.54) is 6.07 Å². The first-order valence-electron chi connectivity index (χ1n) is 8.74. The molecule has 3 rings (SSSR count). The Hall–Kier alpha value is -2.48. The molecule has 1 fully saturated rings. The zero-order valence-electron chi connectivity index (χ0n) is 15.2. The monoisotopic (exact) mass is 432 g/mol. The van der Waals surface area contributed by atoms with Gasteiger partial charge < -0.3 is 15.3 Å². The first-order chi connectivity index (χ1) is 12.8. The molecule has 0 radical (unpaired) electrons. The topological polar surface area (TPSA) is 95.4 Å². The smallest absolute Gasteiger partial charge is 0.337 e. The molecule has 1 aliphatic rings. The van der Waals surface area contributed by atoms with Gasteiger partial charge in [0.15, 0.2) is 0 Å². The molecule has 0 atom stereocenters. The Labute approximate surface area is 166 Å². The lowest BCUT2D eigenvalue weighted by atomic mass is 9.96. The largest absolute Gasteiger partial charge is 0.478 e. The predicted octanol–water partition coefficient (Wildman–Crippen LogP) is 3.41. The van der Waals surface area contributed by atoms with Crippen molar-refractivity contribution in [2.45, 2.75) is 26.7 Å². The molecule has 8 heteroatoms. The van der Waals surface area contributed by atoms with Crippen LogP contribution in [0.25, 0.3) is 0 Å². The first-order valence-corrected chi connectivity index (χ1v) is 9.53. The molecule has 7 nitrogen and oxygen atoms in total. The van der Waals surface area contributed by atoms with E-state index in [1.54, 1.807) is 12.1 Å². The number of rotatable bonds is 4. The second-order valence-electron chi connectivity index (χ2n) is 6.70. The average molecular weight is 433 g/mol. The van der Waals surface area contributed by atoms with Gasteiger partial charge in [-0.25, -0.2) is 14.8 Å². The molecular formula is C19H21BrN4O3. The standard InChI is InChI=1S/C19H21BrN4O3/c1-11-9-12(2)22-19(21-11)24-7-5-13(6-8-24)17(25)23-16-4-3-14(20)10-15(16)18(26)27/h3-4,9-10,13H,5-8H2,1-2H3,(H,23,25)(H,26,27). The maximum Gasteiger partial charge on any atom is 0.337 e. The normalized spacial score (nSPS) is 14.9. The van der Waals surface area contributed by atoms with Crippen LogP contribution in [-0.4, -0.2) is 40.0 Å². The van der Waals surface area contributed by atoms with E-state index < -0.39 is 5.97 Å². The number of amides is 1. The predicted molar refractivity (Wildman–Crippen MR) is 106 cm³/mol. The molecule has 1 aliphatic heterocycles. The number of aromatic nitrogens is 2. The Morgan fingerprint density at radius 3 is 2.37 bits per heavy atom. The zero-order valence-corrected chi connectivity index (χ0v) is 16.8. The molecule has 0 spiro atoms. The summed E-state index contributed by atoms with van der Waals surface area (Å²) in [5.41, 5.74) is 2.23. The van der Waals surface area contributed by atoms with Crippen molar-refractivity contribution in [3.05, 3.63) is 45.7 Å². The molecule has 1 aromatic heterocycles. The summed E-state index contributed by atoms with van der Waals surface area (Å²) in [6, 6.07) is 6.73. The number of carboxylic acid groups (broad SMARTS) is 1. The highest BCUT2D eigenvalue weighted by molar-refractivity contribution is 9.10. The van der Waals surface area contributed by atoms with Crippen LogP contribution in [0.5, 0.6) is 0 Å². The van der Waals surface area contributed by atoms with E-state index in [0.29, 0.717) is 42.0 Å². The molecule has 2 N–H and O–H groups in total. The van der Waals surface area contributed by atoms with Gasteiger partial charge in [0.05, 0.1) is 11.3 Å². The van der Waals surface area contributed by atoms with E-state index in [2.05, 4.69) is 36.1 Å². The molecule has 1 aromatic carbocycles. The molecular weight excluding hydrogens is 412 g/mol. The maximum atomic E-state index is 12.6. The van der Waals surface area contributed by atoms with Crippen molar-refractivity contribution in [2.75, 3.05) is 23.3 Å². The van der Waals surface area contributed by atoms with Crippen molar-refractivity contribution in [1.29, 1.82) is 0 Å². The van der Waals surface area contributed by atoms with Gasteiger partial charge in [-0.2, -0.15) is 0 Å². The number of hydrogen-bond acceptors (Lipinski definition) is 5. The van der Waals surface area contributed by atoms with E-state index in [1.807, 2.05) is 19.9 Å². The van der Waals surface area contributed by atoms with Crippen LogP contribution in [-0.2, 0) is 4.79 Å². The van der Waals surface area contributed by atoms with Gasteiger partial charge in [-0.05, 0) is 51.0 Å². The fourth-order valence-corrected chi connectivity index (χ4v) is 3.59. The summed E-state index contributed by atoms with van der Waals surface area (Å²) in [6.07, 6.45) is 1.34. The lowest BCUT2D eigenvalue weighted by Crippen LogP contribution is -2.39. The molecule has 0 unspecified atom stereocenters. The molecule has 0 aliphatic carbocycles. The minimum Gasteiger partial charge on any atom is -0.478 e. The van der Waals surface area contributed by atoms with Crippen LogP contribution in [0.2, 0.25) is 0 Å². The van der Waals surface area contributed by atoms with Gasteiger partial charge in [0.1, 0.15) is 0 Å². The second kappa shape index (κ2) is 8.04. The van der Waals surface area contributed by atoms with Gasteiger partial charge >= 0.3 is 5.97 Å². The van der Waals surface area contributed by atoms with Gasteiger partial charge in [0.25, 0.3) is 0 Å². The quantitative estimate of drug-likeness (QED) is 0.768. The number of carbonyl (C=O) groups excluding carboxylic acids is 1. The highest BCUT2D eigenvalue weighted by atomic mass is 79.9. The summed E-state index contributed by atoms with van der Waals surface area (Å²) in [4.78, 5) is 35.1. The number of anilines is 2. The van der Waals surface area contributed by atoms with Crippen LogP contribution in [0.1, 0.15) is 34.6 Å². The van der Waals surface area contributed by atoms with E-state index in [0.717, 1.165) is 11.4 Å². The lowest BCUT2D eigenvalue weighted by molar-refractivity contribution is -0.120. The first kappa shape index (κ1) is 19.3. The van der Waals surface area contributed by atoms with Gasteiger partial charge in [0, 0.05) is 34.9 Å². The van der Waals surface area contributed by atoms with Gasteiger partial charge in [-0.15, -0.1) is 0 Å². The van der Waals surface area contributed by atoms with Crippen LogP contribution in [0.15, 0.2) is 28.7 Å². The van der Waals surface area contributed by atoms with Crippen LogP contribution in [0.4, 0.5) is 11.6 Å². The number of halogens is 1. The number of aromatic carboxylic acids is 1. The number of carbonyl (C=O) groups is 2. The van der Waals surface area contributed by atoms with Crippen LogP contribution in [0, 0.1) is 19.8 Å². The van der Waals surface area contributed by atoms with Gasteiger partial charge in [-0.3, -0.25) is 4.79 Å². The summed E-state index contributed by atoms with van der Waals surface area (Å²) in [5.74, 6) is -0.695. The number of nitrogens with zero attached hydrogens (tertiary/aromatic N) is 3. The maximum absolute atomic E-state index is 12.6. The average Bonchev–Trinajstić information content (AvgIpc) is 2.62. The highest BCUT2D eigenvalue weighted by Crippen LogP contribution is 2.25. The van der Waals surface area contributed by atoms with Crippen molar-refractivity contribution >= 4 is 39.4 Å². The van der Waals surface area contributed by atoms with Crippen molar-refractivity contribution < 1.29 is 14.7 Å². The Morgan fingerprint density at radius 2 is 1.78 bits per heavy atom. The van der Waals surface area contributed by atoms with Crippen molar-refractivity contribution in [2.24, 2.45) is 5.92 Å². The summed E-state index contributed by atoms with van der Waals surface area (Å²) < 4.78 is 0.652. The number of nitrogens with one attached hydrogen (secondary N) is 1. The van der Waals surface area contributed by atoms with Crippen LogP contribution >= 0.6 is 15.9 Å². The molecule has 2 aromatic rings. The Balaban J connectivity index is 1.65. The number of benzene rings is 1. The summed E-state index contributed by atoms with van der Waals surface area (Å²) in [5, 5.41) is 12.1. The molecule has 1 amide bonds. The van der Waals surface area contributed by atoms with Crippen molar-refractivity contribution in [1.82, 2.24) is 9.97 Å². The number of piperidine rings is 1. The van der Waals surface area contributed by atoms with E-state index in [-0.39, 0.29) is 17.4 Å². The van der Waals surface area contributed by atoms with Gasteiger partial charge in [0.2, 0.25) is 11.9 Å². The van der Waals surface area contributed by atoms with Crippen molar-refractivity contribution in [3.63, 3.8) is 0 Å². The molecule has 27 heavy (non-hydrogen) atoms. The number of hydrogen-bond donors (Lipinski definition) is 2. The third kappa shape index (κ3) is 4.63. The lowest BCUT2D eigenvalue weighted by Gasteiger charge is -2.31.